The summed E-state index contributed by atoms with van der Waals surface area (Å²) in [5.41, 5.74) is 2.42. The molecule has 0 fully saturated rings. The van der Waals surface area contributed by atoms with Gasteiger partial charge in [0.15, 0.2) is 6.04 Å². The van der Waals surface area contributed by atoms with Crippen molar-refractivity contribution in [2.75, 3.05) is 19.5 Å². The normalized spacial score (nSPS) is 11.6. The van der Waals surface area contributed by atoms with Gasteiger partial charge in [0.25, 0.3) is 0 Å². The van der Waals surface area contributed by atoms with Gasteiger partial charge in [-0.25, -0.2) is 4.79 Å². The molecule has 2 rings (SSSR count). The first-order valence-electron chi connectivity index (χ1n) is 6.80. The second-order valence-electron chi connectivity index (χ2n) is 4.81. The smallest absolute Gasteiger partial charge is 0.333 e. The van der Waals surface area contributed by atoms with Crippen LogP contribution in [0.1, 0.15) is 17.2 Å². The Kier molecular flexibility index (Phi) is 5.28. The predicted octanol–water partition coefficient (Wildman–Crippen LogP) is 3.98. The molecule has 0 heterocycles. The van der Waals surface area contributed by atoms with E-state index in [-0.39, 0.29) is 0 Å². The molecule has 0 bridgehead atoms. The van der Waals surface area contributed by atoms with Gasteiger partial charge in [-0.1, -0.05) is 29.8 Å². The minimum absolute atomic E-state index is 0.401. The molecule has 5 heteroatoms. The lowest BCUT2D eigenvalue weighted by atomic mass is 10.1. The Morgan fingerprint density at radius 2 is 1.91 bits per heavy atom. The number of carbonyl (C=O) groups is 1. The Bertz CT molecular complexity index is 673. The monoisotopic (exact) mass is 319 g/mol. The summed E-state index contributed by atoms with van der Waals surface area (Å²) in [6, 6.07) is 12.1. The third-order valence-electron chi connectivity index (χ3n) is 3.36. The molecule has 0 saturated heterocycles. The quantitative estimate of drug-likeness (QED) is 0.847. The fraction of sp³-hybridized carbons (Fsp3) is 0.235. The summed E-state index contributed by atoms with van der Waals surface area (Å²) in [6.45, 7) is 1.94. The molecule has 0 saturated carbocycles. The summed E-state index contributed by atoms with van der Waals surface area (Å²) in [5.74, 6) is 0.388. The second-order valence-corrected chi connectivity index (χ2v) is 5.21. The summed E-state index contributed by atoms with van der Waals surface area (Å²) in [7, 11) is 2.98. The fourth-order valence-corrected chi connectivity index (χ4v) is 2.47. The molecular weight excluding hydrogens is 302 g/mol. The number of rotatable bonds is 5. The van der Waals surface area contributed by atoms with E-state index >= 15 is 0 Å². The largest absolute Gasteiger partial charge is 0.496 e. The lowest BCUT2D eigenvalue weighted by Gasteiger charge is -2.20. The number of ether oxygens (including phenoxy) is 2. The van der Waals surface area contributed by atoms with E-state index in [4.69, 9.17) is 21.1 Å². The SMILES string of the molecule is COC(=O)C(Nc1ccc(OC)c(C)c1)c1ccccc1Cl. The molecule has 2 aromatic carbocycles. The summed E-state index contributed by atoms with van der Waals surface area (Å²) in [5, 5.41) is 3.67. The van der Waals surface area contributed by atoms with Crippen molar-refractivity contribution in [3.05, 3.63) is 58.6 Å². The van der Waals surface area contributed by atoms with Crippen molar-refractivity contribution in [2.45, 2.75) is 13.0 Å². The van der Waals surface area contributed by atoms with Crippen molar-refractivity contribution in [1.29, 1.82) is 0 Å². The number of benzene rings is 2. The van der Waals surface area contributed by atoms with Gasteiger partial charge < -0.3 is 14.8 Å². The van der Waals surface area contributed by atoms with Gasteiger partial charge in [-0.3, -0.25) is 0 Å². The molecule has 4 nitrogen and oxygen atoms in total. The molecular formula is C17H18ClNO3. The van der Waals surface area contributed by atoms with Crippen LogP contribution in [0.15, 0.2) is 42.5 Å². The Labute approximate surface area is 135 Å². The van der Waals surface area contributed by atoms with Crippen LogP contribution in [-0.4, -0.2) is 20.2 Å². The molecule has 1 N–H and O–H groups in total. The Balaban J connectivity index is 2.34. The van der Waals surface area contributed by atoms with E-state index in [1.165, 1.54) is 7.11 Å². The Morgan fingerprint density at radius 3 is 2.50 bits per heavy atom. The lowest BCUT2D eigenvalue weighted by Crippen LogP contribution is -2.22. The van der Waals surface area contributed by atoms with Crippen molar-refractivity contribution in [3.63, 3.8) is 0 Å². The van der Waals surface area contributed by atoms with Crippen LogP contribution in [0.4, 0.5) is 5.69 Å². The zero-order valence-corrected chi connectivity index (χ0v) is 13.5. The number of nitrogens with one attached hydrogen (secondary N) is 1. The zero-order valence-electron chi connectivity index (χ0n) is 12.7. The van der Waals surface area contributed by atoms with Gasteiger partial charge in [-0.2, -0.15) is 0 Å². The van der Waals surface area contributed by atoms with Gasteiger partial charge in [-0.05, 0) is 36.8 Å². The van der Waals surface area contributed by atoms with Gasteiger partial charge in [0.2, 0.25) is 0 Å². The molecule has 0 spiro atoms. The second kappa shape index (κ2) is 7.18. The summed E-state index contributed by atoms with van der Waals surface area (Å²) in [4.78, 5) is 12.1. The molecule has 0 aliphatic rings. The topological polar surface area (TPSA) is 47.6 Å². The van der Waals surface area contributed by atoms with Gasteiger partial charge in [0, 0.05) is 16.3 Å². The van der Waals surface area contributed by atoms with E-state index in [0.717, 1.165) is 17.0 Å². The van der Waals surface area contributed by atoms with Gasteiger partial charge >= 0.3 is 5.97 Å². The van der Waals surface area contributed by atoms with E-state index in [1.807, 2.05) is 37.3 Å². The van der Waals surface area contributed by atoms with Gasteiger partial charge in [0.05, 0.1) is 14.2 Å². The van der Waals surface area contributed by atoms with Crippen molar-refractivity contribution < 1.29 is 14.3 Å². The molecule has 1 atom stereocenters. The molecule has 1 unspecified atom stereocenters. The first-order valence-corrected chi connectivity index (χ1v) is 7.18. The maximum absolute atomic E-state index is 12.1. The highest BCUT2D eigenvalue weighted by Crippen LogP contribution is 2.29. The van der Waals surface area contributed by atoms with Gasteiger partial charge in [-0.15, -0.1) is 0 Å². The number of esters is 1. The van der Waals surface area contributed by atoms with Crippen LogP contribution in [0.3, 0.4) is 0 Å². The lowest BCUT2D eigenvalue weighted by molar-refractivity contribution is -0.141. The van der Waals surface area contributed by atoms with Crippen LogP contribution >= 0.6 is 11.6 Å². The number of aryl methyl sites for hydroxylation is 1. The highest BCUT2D eigenvalue weighted by Gasteiger charge is 2.23. The summed E-state index contributed by atoms with van der Waals surface area (Å²) < 4.78 is 10.1. The average molecular weight is 320 g/mol. The summed E-state index contributed by atoms with van der Waals surface area (Å²) in [6.07, 6.45) is 0. The number of halogens is 1. The Hall–Kier alpha value is -2.20. The first kappa shape index (κ1) is 16.2. The number of hydrogen-bond acceptors (Lipinski definition) is 4. The number of carbonyl (C=O) groups excluding carboxylic acids is 1. The molecule has 0 aliphatic carbocycles. The number of methoxy groups -OCH3 is 2. The Morgan fingerprint density at radius 1 is 1.18 bits per heavy atom. The summed E-state index contributed by atoms with van der Waals surface area (Å²) >= 11 is 6.20. The third-order valence-corrected chi connectivity index (χ3v) is 3.70. The van der Waals surface area contributed by atoms with Crippen molar-refractivity contribution in [2.24, 2.45) is 0 Å². The molecule has 0 amide bonds. The molecule has 0 radical (unpaired) electrons. The van der Waals surface area contributed by atoms with Crippen LogP contribution in [-0.2, 0) is 9.53 Å². The molecule has 0 aromatic heterocycles. The zero-order chi connectivity index (χ0) is 16.1. The van der Waals surface area contributed by atoms with E-state index in [1.54, 1.807) is 19.2 Å². The molecule has 0 aliphatic heterocycles. The molecule has 116 valence electrons. The minimum atomic E-state index is -0.675. The van der Waals surface area contributed by atoms with Crippen LogP contribution in [0.5, 0.6) is 5.75 Å². The van der Waals surface area contributed by atoms with E-state index < -0.39 is 12.0 Å². The average Bonchev–Trinajstić information content (AvgIpc) is 2.53. The van der Waals surface area contributed by atoms with Gasteiger partial charge in [0.1, 0.15) is 5.75 Å². The van der Waals surface area contributed by atoms with Crippen LogP contribution in [0.25, 0.3) is 0 Å². The predicted molar refractivity (Wildman–Crippen MR) is 87.6 cm³/mol. The molecule has 22 heavy (non-hydrogen) atoms. The first-order chi connectivity index (χ1) is 10.6. The standard InChI is InChI=1S/C17H18ClNO3/c1-11-10-12(8-9-15(11)21-2)19-16(17(20)22-3)13-6-4-5-7-14(13)18/h4-10,16,19H,1-3H3. The highest BCUT2D eigenvalue weighted by atomic mass is 35.5. The van der Waals surface area contributed by atoms with E-state index in [9.17, 15) is 4.79 Å². The molecule has 2 aromatic rings. The maximum atomic E-state index is 12.1. The minimum Gasteiger partial charge on any atom is -0.496 e. The maximum Gasteiger partial charge on any atom is 0.333 e. The van der Waals surface area contributed by atoms with E-state index in [0.29, 0.717) is 10.6 Å². The van der Waals surface area contributed by atoms with Crippen molar-refractivity contribution >= 4 is 23.3 Å². The van der Waals surface area contributed by atoms with Crippen LogP contribution < -0.4 is 10.1 Å². The third kappa shape index (κ3) is 3.52. The van der Waals surface area contributed by atoms with Crippen molar-refractivity contribution in [3.8, 4) is 5.75 Å². The van der Waals surface area contributed by atoms with Crippen molar-refractivity contribution in [1.82, 2.24) is 0 Å². The van der Waals surface area contributed by atoms with Crippen LogP contribution in [0, 0.1) is 6.92 Å². The number of anilines is 1. The number of hydrogen-bond donors (Lipinski definition) is 1. The highest BCUT2D eigenvalue weighted by molar-refractivity contribution is 6.31. The van der Waals surface area contributed by atoms with E-state index in [2.05, 4.69) is 5.32 Å². The fourth-order valence-electron chi connectivity index (χ4n) is 2.23. The van der Waals surface area contributed by atoms with Crippen LogP contribution in [0.2, 0.25) is 5.02 Å².